The van der Waals surface area contributed by atoms with Gasteiger partial charge >= 0.3 is 0 Å². The average molecular weight is 327 g/mol. The number of nitrogen functional groups attached to an aromatic ring is 1. The van der Waals surface area contributed by atoms with Gasteiger partial charge in [-0.3, -0.25) is 4.98 Å². The Labute approximate surface area is 147 Å². The Balaban J connectivity index is 1.70. The van der Waals surface area contributed by atoms with E-state index in [1.807, 2.05) is 24.4 Å². The molecule has 3 heteroatoms. The zero-order valence-corrected chi connectivity index (χ0v) is 14.6. The molecule has 0 aliphatic carbocycles. The van der Waals surface area contributed by atoms with Crippen LogP contribution in [0.2, 0.25) is 0 Å². The SMILES string of the molecule is Cc1ccc(CCc2cnc3c(N)nc4ccccc4c3c2)cc1C. The number of pyridine rings is 2. The Morgan fingerprint density at radius 3 is 2.48 bits per heavy atom. The molecule has 0 aliphatic rings. The van der Waals surface area contributed by atoms with Gasteiger partial charge in [0.05, 0.1) is 5.52 Å². The predicted molar refractivity (Wildman–Crippen MR) is 105 cm³/mol. The molecule has 2 aromatic heterocycles. The first-order valence-electron chi connectivity index (χ1n) is 8.61. The average Bonchev–Trinajstić information content (AvgIpc) is 2.63. The van der Waals surface area contributed by atoms with E-state index in [0.717, 1.165) is 34.6 Å². The summed E-state index contributed by atoms with van der Waals surface area (Å²) >= 11 is 0. The largest absolute Gasteiger partial charge is 0.382 e. The fourth-order valence-corrected chi connectivity index (χ4v) is 3.28. The third kappa shape index (κ3) is 2.93. The number of rotatable bonds is 3. The normalized spacial score (nSPS) is 11.3. The van der Waals surface area contributed by atoms with Crippen molar-refractivity contribution in [3.63, 3.8) is 0 Å². The molecule has 4 rings (SSSR count). The number of nitrogens with zero attached hydrogens (tertiary/aromatic N) is 2. The molecular formula is C22H21N3. The van der Waals surface area contributed by atoms with Crippen molar-refractivity contribution >= 4 is 27.6 Å². The second-order valence-corrected chi connectivity index (χ2v) is 6.67. The summed E-state index contributed by atoms with van der Waals surface area (Å²) in [6.07, 6.45) is 3.89. The first-order valence-corrected chi connectivity index (χ1v) is 8.61. The topological polar surface area (TPSA) is 51.8 Å². The number of fused-ring (bicyclic) bond motifs is 3. The maximum atomic E-state index is 6.09. The number of hydrogen-bond acceptors (Lipinski definition) is 3. The number of anilines is 1. The number of para-hydroxylation sites is 1. The van der Waals surface area contributed by atoms with Crippen LogP contribution in [0.3, 0.4) is 0 Å². The first-order chi connectivity index (χ1) is 12.1. The second-order valence-electron chi connectivity index (χ2n) is 6.67. The van der Waals surface area contributed by atoms with Crippen LogP contribution < -0.4 is 5.73 Å². The third-order valence-corrected chi connectivity index (χ3v) is 4.90. The molecule has 0 saturated heterocycles. The van der Waals surface area contributed by atoms with E-state index < -0.39 is 0 Å². The molecule has 0 atom stereocenters. The smallest absolute Gasteiger partial charge is 0.150 e. The molecular weight excluding hydrogens is 306 g/mol. The van der Waals surface area contributed by atoms with Gasteiger partial charge in [-0.2, -0.15) is 0 Å². The molecule has 0 aliphatic heterocycles. The summed E-state index contributed by atoms with van der Waals surface area (Å²) in [4.78, 5) is 9.05. The van der Waals surface area contributed by atoms with Crippen molar-refractivity contribution in [2.45, 2.75) is 26.7 Å². The molecule has 2 heterocycles. The van der Waals surface area contributed by atoms with E-state index in [9.17, 15) is 0 Å². The molecule has 2 aromatic carbocycles. The molecule has 0 bridgehead atoms. The first kappa shape index (κ1) is 15.6. The number of benzene rings is 2. The highest BCUT2D eigenvalue weighted by Crippen LogP contribution is 2.27. The molecule has 0 spiro atoms. The summed E-state index contributed by atoms with van der Waals surface area (Å²) in [5.41, 5.74) is 13.1. The third-order valence-electron chi connectivity index (χ3n) is 4.90. The van der Waals surface area contributed by atoms with E-state index in [-0.39, 0.29) is 0 Å². The number of nitrogens with two attached hydrogens (primary N) is 1. The Bertz CT molecular complexity index is 1080. The Morgan fingerprint density at radius 2 is 1.64 bits per heavy atom. The number of aromatic nitrogens is 2. The minimum atomic E-state index is 0.495. The lowest BCUT2D eigenvalue weighted by Gasteiger charge is -2.09. The van der Waals surface area contributed by atoms with E-state index >= 15 is 0 Å². The van der Waals surface area contributed by atoms with Crippen molar-refractivity contribution in [2.24, 2.45) is 0 Å². The Morgan fingerprint density at radius 1 is 0.840 bits per heavy atom. The lowest BCUT2D eigenvalue weighted by Crippen LogP contribution is -1.98. The molecule has 0 unspecified atom stereocenters. The minimum Gasteiger partial charge on any atom is -0.382 e. The molecule has 2 N–H and O–H groups in total. The van der Waals surface area contributed by atoms with Gasteiger partial charge in [-0.1, -0.05) is 36.4 Å². The van der Waals surface area contributed by atoms with Crippen LogP contribution in [0.5, 0.6) is 0 Å². The minimum absolute atomic E-state index is 0.495. The van der Waals surface area contributed by atoms with Gasteiger partial charge in [0.15, 0.2) is 5.82 Å². The molecule has 0 fully saturated rings. The maximum absolute atomic E-state index is 6.09. The van der Waals surface area contributed by atoms with Crippen molar-refractivity contribution in [1.29, 1.82) is 0 Å². The van der Waals surface area contributed by atoms with Gasteiger partial charge in [-0.15, -0.1) is 0 Å². The summed E-state index contributed by atoms with van der Waals surface area (Å²) < 4.78 is 0. The fourth-order valence-electron chi connectivity index (χ4n) is 3.28. The standard InChI is InChI=1S/C22H21N3/c1-14-7-8-16(11-15(14)2)9-10-17-12-19-18-5-3-4-6-20(18)25-22(23)21(19)24-13-17/h3-8,11-13H,9-10H2,1-2H3,(H2,23,25). The number of hydrogen-bond donors (Lipinski definition) is 1. The lowest BCUT2D eigenvalue weighted by atomic mass is 10.00. The van der Waals surface area contributed by atoms with Crippen LogP contribution in [-0.4, -0.2) is 9.97 Å². The van der Waals surface area contributed by atoms with E-state index in [2.05, 4.69) is 54.1 Å². The maximum Gasteiger partial charge on any atom is 0.150 e. The number of aryl methyl sites for hydroxylation is 4. The van der Waals surface area contributed by atoms with Crippen LogP contribution in [0, 0.1) is 13.8 Å². The zero-order chi connectivity index (χ0) is 17.4. The molecule has 0 amide bonds. The van der Waals surface area contributed by atoms with Gasteiger partial charge in [0, 0.05) is 17.0 Å². The van der Waals surface area contributed by atoms with Crippen LogP contribution in [0.25, 0.3) is 21.8 Å². The van der Waals surface area contributed by atoms with E-state index in [1.54, 1.807) is 0 Å². The van der Waals surface area contributed by atoms with Crippen LogP contribution in [0.15, 0.2) is 54.7 Å². The molecule has 4 aromatic rings. The van der Waals surface area contributed by atoms with Crippen LogP contribution in [0.4, 0.5) is 5.82 Å². The van der Waals surface area contributed by atoms with Crippen LogP contribution in [0.1, 0.15) is 22.3 Å². The molecule has 124 valence electrons. The quantitative estimate of drug-likeness (QED) is 0.552. The Hall–Kier alpha value is -2.94. The van der Waals surface area contributed by atoms with Gasteiger partial charge < -0.3 is 5.73 Å². The molecule has 0 saturated carbocycles. The van der Waals surface area contributed by atoms with Crippen molar-refractivity contribution in [1.82, 2.24) is 9.97 Å². The van der Waals surface area contributed by atoms with Crippen molar-refractivity contribution in [3.8, 4) is 0 Å². The van der Waals surface area contributed by atoms with Gasteiger partial charge in [0.25, 0.3) is 0 Å². The molecule has 0 radical (unpaired) electrons. The summed E-state index contributed by atoms with van der Waals surface area (Å²) in [5.74, 6) is 0.495. The van der Waals surface area contributed by atoms with E-state index in [0.29, 0.717) is 5.82 Å². The van der Waals surface area contributed by atoms with Gasteiger partial charge in [-0.05, 0) is 61.1 Å². The summed E-state index contributed by atoms with van der Waals surface area (Å²) in [6.45, 7) is 4.31. The van der Waals surface area contributed by atoms with E-state index in [1.165, 1.54) is 22.3 Å². The van der Waals surface area contributed by atoms with Crippen LogP contribution in [-0.2, 0) is 12.8 Å². The van der Waals surface area contributed by atoms with Gasteiger partial charge in [0.1, 0.15) is 5.52 Å². The van der Waals surface area contributed by atoms with Gasteiger partial charge in [-0.25, -0.2) is 4.98 Å². The molecule has 25 heavy (non-hydrogen) atoms. The Kier molecular flexibility index (Phi) is 3.85. The van der Waals surface area contributed by atoms with Gasteiger partial charge in [0.2, 0.25) is 0 Å². The highest BCUT2D eigenvalue weighted by molar-refractivity contribution is 6.08. The predicted octanol–water partition coefficient (Wildman–Crippen LogP) is 4.77. The van der Waals surface area contributed by atoms with Crippen molar-refractivity contribution in [2.75, 3.05) is 5.73 Å². The lowest BCUT2D eigenvalue weighted by molar-refractivity contribution is 0.951. The highest BCUT2D eigenvalue weighted by atomic mass is 14.9. The monoisotopic (exact) mass is 327 g/mol. The summed E-state index contributed by atoms with van der Waals surface area (Å²) in [7, 11) is 0. The van der Waals surface area contributed by atoms with E-state index in [4.69, 9.17) is 5.73 Å². The second kappa shape index (κ2) is 6.17. The fraction of sp³-hybridized carbons (Fsp3) is 0.182. The molecule has 3 nitrogen and oxygen atoms in total. The summed E-state index contributed by atoms with van der Waals surface area (Å²) in [5, 5.41) is 2.19. The highest BCUT2D eigenvalue weighted by Gasteiger charge is 2.08. The summed E-state index contributed by atoms with van der Waals surface area (Å²) in [6, 6.07) is 17.0. The van der Waals surface area contributed by atoms with Crippen LogP contribution >= 0.6 is 0 Å². The van der Waals surface area contributed by atoms with Crippen molar-refractivity contribution in [3.05, 3.63) is 77.0 Å². The van der Waals surface area contributed by atoms with Crippen molar-refractivity contribution < 1.29 is 0 Å². The zero-order valence-electron chi connectivity index (χ0n) is 14.6.